The first-order valence-corrected chi connectivity index (χ1v) is 11.4. The number of hydrogen-bond acceptors (Lipinski definition) is 6. The Balaban J connectivity index is 1.65. The Hall–Kier alpha value is -2.58. The first-order chi connectivity index (χ1) is 15.1. The van der Waals surface area contributed by atoms with Crippen LogP contribution >= 0.6 is 0 Å². The lowest BCUT2D eigenvalue weighted by Gasteiger charge is -2.31. The lowest BCUT2D eigenvalue weighted by molar-refractivity contribution is 0.128. The van der Waals surface area contributed by atoms with Crippen molar-refractivity contribution in [3.8, 4) is 0 Å². The zero-order valence-corrected chi connectivity index (χ0v) is 18.4. The van der Waals surface area contributed by atoms with Gasteiger partial charge in [0, 0.05) is 24.2 Å². The number of tetrazole rings is 1. The van der Waals surface area contributed by atoms with Crippen LogP contribution < -0.4 is 5.56 Å². The van der Waals surface area contributed by atoms with Crippen LogP contribution in [0.2, 0.25) is 0 Å². The van der Waals surface area contributed by atoms with Crippen LogP contribution in [0.25, 0.3) is 10.9 Å². The van der Waals surface area contributed by atoms with Gasteiger partial charge in [-0.3, -0.25) is 9.69 Å². The molecule has 0 bridgehead atoms. The van der Waals surface area contributed by atoms with E-state index in [4.69, 9.17) is 0 Å². The molecule has 2 N–H and O–H groups in total. The summed E-state index contributed by atoms with van der Waals surface area (Å²) in [6.07, 6.45) is 6.65. The Morgan fingerprint density at radius 3 is 2.81 bits per heavy atom. The van der Waals surface area contributed by atoms with Crippen molar-refractivity contribution < 1.29 is 5.11 Å². The number of nitrogens with zero attached hydrogens (tertiary/aromatic N) is 5. The fourth-order valence-electron chi connectivity index (χ4n) is 4.79. The van der Waals surface area contributed by atoms with E-state index >= 15 is 0 Å². The summed E-state index contributed by atoms with van der Waals surface area (Å²) >= 11 is 0. The molecule has 1 aliphatic rings. The zero-order valence-electron chi connectivity index (χ0n) is 18.4. The molecule has 166 valence electrons. The third kappa shape index (κ3) is 4.70. The molecule has 8 nitrogen and oxygen atoms in total. The van der Waals surface area contributed by atoms with Crippen LogP contribution in [-0.2, 0) is 6.54 Å². The summed E-state index contributed by atoms with van der Waals surface area (Å²) in [5.74, 6) is 0.830. The summed E-state index contributed by atoms with van der Waals surface area (Å²) in [5.41, 5.74) is 2.57. The molecule has 3 aromatic rings. The second kappa shape index (κ2) is 9.70. The van der Waals surface area contributed by atoms with Gasteiger partial charge in [0.15, 0.2) is 5.82 Å². The van der Waals surface area contributed by atoms with Crippen LogP contribution in [0, 0.1) is 6.92 Å². The Morgan fingerprint density at radius 1 is 1.26 bits per heavy atom. The molecule has 0 spiro atoms. The monoisotopic (exact) mass is 424 g/mol. The van der Waals surface area contributed by atoms with Crippen molar-refractivity contribution in [3.05, 3.63) is 51.6 Å². The van der Waals surface area contributed by atoms with Crippen molar-refractivity contribution >= 4 is 10.9 Å². The number of rotatable bonds is 8. The Labute approximate surface area is 182 Å². The molecule has 0 aliphatic heterocycles. The van der Waals surface area contributed by atoms with Crippen LogP contribution in [0.1, 0.15) is 74.5 Å². The number of benzene rings is 1. The van der Waals surface area contributed by atoms with Gasteiger partial charge in [0.05, 0.1) is 18.7 Å². The Kier molecular flexibility index (Phi) is 6.77. The highest BCUT2D eigenvalue weighted by Gasteiger charge is 2.28. The van der Waals surface area contributed by atoms with E-state index in [9.17, 15) is 9.90 Å². The number of nitrogens with one attached hydrogen (secondary N) is 1. The number of pyridine rings is 1. The highest BCUT2D eigenvalue weighted by atomic mass is 16.3. The lowest BCUT2D eigenvalue weighted by Crippen LogP contribution is -2.35. The standard InChI is InChI=1S/C23H32N6O2/c1-3-21(22-25-26-27-29(22)19-7-5-4-6-8-19)28(11-12-30)15-18-14-17-13-16(2)9-10-20(17)24-23(18)31/h9-10,13-14,19,21,30H,3-8,11-12,15H2,1-2H3,(H,24,31). The van der Waals surface area contributed by atoms with Crippen molar-refractivity contribution in [2.24, 2.45) is 0 Å². The largest absolute Gasteiger partial charge is 0.395 e. The summed E-state index contributed by atoms with van der Waals surface area (Å²) in [7, 11) is 0. The minimum atomic E-state index is -0.0963. The number of aryl methyl sites for hydroxylation is 1. The minimum absolute atomic E-state index is 0.00604. The third-order valence-corrected chi connectivity index (χ3v) is 6.40. The van der Waals surface area contributed by atoms with Gasteiger partial charge in [-0.1, -0.05) is 37.8 Å². The first kappa shape index (κ1) is 21.6. The molecule has 1 saturated carbocycles. The SMILES string of the molecule is CCC(c1nnnn1C1CCCCC1)N(CCO)Cc1cc2cc(C)ccc2[nH]c1=O. The molecule has 2 aromatic heterocycles. The predicted octanol–water partition coefficient (Wildman–Crippen LogP) is 3.27. The van der Waals surface area contributed by atoms with E-state index in [2.05, 4.69) is 38.4 Å². The van der Waals surface area contributed by atoms with Crippen molar-refractivity contribution in [1.82, 2.24) is 30.1 Å². The molecule has 0 saturated heterocycles. The fourth-order valence-corrected chi connectivity index (χ4v) is 4.79. The van der Waals surface area contributed by atoms with Gasteiger partial charge in [-0.15, -0.1) is 5.10 Å². The highest BCUT2D eigenvalue weighted by Crippen LogP contribution is 2.31. The van der Waals surface area contributed by atoms with E-state index in [1.54, 1.807) is 0 Å². The molecule has 31 heavy (non-hydrogen) atoms. The van der Waals surface area contributed by atoms with E-state index in [1.165, 1.54) is 19.3 Å². The third-order valence-electron chi connectivity index (χ3n) is 6.40. The van der Waals surface area contributed by atoms with Crippen molar-refractivity contribution in [2.75, 3.05) is 13.2 Å². The van der Waals surface area contributed by atoms with E-state index in [1.807, 2.05) is 29.8 Å². The van der Waals surface area contributed by atoms with Gasteiger partial charge in [-0.2, -0.15) is 0 Å². The van der Waals surface area contributed by atoms with E-state index in [-0.39, 0.29) is 18.2 Å². The maximum absolute atomic E-state index is 12.8. The average molecular weight is 425 g/mol. The maximum Gasteiger partial charge on any atom is 0.252 e. The van der Waals surface area contributed by atoms with Crippen LogP contribution in [-0.4, -0.2) is 48.3 Å². The number of aromatic nitrogens is 5. The number of aliphatic hydroxyl groups excluding tert-OH is 1. The van der Waals surface area contributed by atoms with Crippen LogP contribution in [0.3, 0.4) is 0 Å². The normalized spacial score (nSPS) is 16.3. The van der Waals surface area contributed by atoms with Gasteiger partial charge < -0.3 is 10.1 Å². The quantitative estimate of drug-likeness (QED) is 0.576. The molecular formula is C23H32N6O2. The van der Waals surface area contributed by atoms with E-state index < -0.39 is 0 Å². The number of fused-ring (bicyclic) bond motifs is 1. The summed E-state index contributed by atoms with van der Waals surface area (Å²) in [6, 6.07) is 8.23. The Morgan fingerprint density at radius 2 is 2.06 bits per heavy atom. The van der Waals surface area contributed by atoms with Gasteiger partial charge in [0.25, 0.3) is 5.56 Å². The molecule has 0 amide bonds. The fraction of sp³-hybridized carbons (Fsp3) is 0.565. The molecular weight excluding hydrogens is 392 g/mol. The summed E-state index contributed by atoms with van der Waals surface area (Å²) in [4.78, 5) is 17.9. The van der Waals surface area contributed by atoms with E-state index in [0.29, 0.717) is 24.7 Å². The second-order valence-corrected chi connectivity index (χ2v) is 8.61. The van der Waals surface area contributed by atoms with Gasteiger partial charge in [0.1, 0.15) is 0 Å². The molecule has 0 radical (unpaired) electrons. The maximum atomic E-state index is 12.8. The van der Waals surface area contributed by atoms with Crippen LogP contribution in [0.4, 0.5) is 0 Å². The van der Waals surface area contributed by atoms with Crippen molar-refractivity contribution in [1.29, 1.82) is 0 Å². The lowest BCUT2D eigenvalue weighted by atomic mass is 9.95. The van der Waals surface area contributed by atoms with Crippen molar-refractivity contribution in [2.45, 2.75) is 71.0 Å². The predicted molar refractivity (Wildman–Crippen MR) is 120 cm³/mol. The smallest absolute Gasteiger partial charge is 0.252 e. The van der Waals surface area contributed by atoms with E-state index in [0.717, 1.165) is 41.6 Å². The summed E-state index contributed by atoms with van der Waals surface area (Å²) in [6.45, 7) is 5.02. The van der Waals surface area contributed by atoms with Gasteiger partial charge in [-0.05, 0) is 60.2 Å². The molecule has 8 heteroatoms. The zero-order chi connectivity index (χ0) is 21.8. The molecule has 1 fully saturated rings. The molecule has 1 unspecified atom stereocenters. The molecule has 1 atom stereocenters. The number of hydrogen-bond donors (Lipinski definition) is 2. The minimum Gasteiger partial charge on any atom is -0.395 e. The molecule has 4 rings (SSSR count). The topological polar surface area (TPSA) is 99.9 Å². The summed E-state index contributed by atoms with van der Waals surface area (Å²) in [5, 5.41) is 23.5. The second-order valence-electron chi connectivity index (χ2n) is 8.61. The summed E-state index contributed by atoms with van der Waals surface area (Å²) < 4.78 is 1.99. The number of H-pyrrole nitrogens is 1. The average Bonchev–Trinajstić information content (AvgIpc) is 3.25. The van der Waals surface area contributed by atoms with Crippen molar-refractivity contribution in [3.63, 3.8) is 0 Å². The highest BCUT2D eigenvalue weighted by molar-refractivity contribution is 5.79. The molecule has 2 heterocycles. The first-order valence-electron chi connectivity index (χ1n) is 11.4. The van der Waals surface area contributed by atoms with Gasteiger partial charge >= 0.3 is 0 Å². The van der Waals surface area contributed by atoms with Crippen LogP contribution in [0.5, 0.6) is 0 Å². The van der Waals surface area contributed by atoms with Gasteiger partial charge in [0.2, 0.25) is 0 Å². The number of aromatic amines is 1. The van der Waals surface area contributed by atoms with Crippen LogP contribution in [0.15, 0.2) is 29.1 Å². The molecule has 1 aliphatic carbocycles. The number of aliphatic hydroxyl groups is 1. The molecule has 1 aromatic carbocycles. The Bertz CT molecular complexity index is 1070. The van der Waals surface area contributed by atoms with Gasteiger partial charge in [-0.25, -0.2) is 4.68 Å².